The van der Waals surface area contributed by atoms with E-state index in [2.05, 4.69) is 7.44 Å². The van der Waals surface area contributed by atoms with Crippen molar-refractivity contribution in [3.63, 3.8) is 0 Å². The Balaban J connectivity index is -0.00000000500. The van der Waals surface area contributed by atoms with Crippen LogP contribution < -0.4 is 0 Å². The van der Waals surface area contributed by atoms with Crippen LogP contribution in [-0.2, 0) is 43.3 Å². The summed E-state index contributed by atoms with van der Waals surface area (Å²) < 4.78 is 0. The molecule has 0 aliphatic rings. The average molecular weight is 197 g/mol. The third-order valence-corrected chi connectivity index (χ3v) is 0. The van der Waals surface area contributed by atoms with E-state index >= 15 is 0 Å². The molecule has 0 unspecified atom stereocenters. The van der Waals surface area contributed by atoms with Crippen LogP contribution in [0.3, 0.4) is 0 Å². The maximum absolute atomic E-state index is 4.64. The third kappa shape index (κ3) is 9.36. The molecule has 0 saturated heterocycles. The van der Waals surface area contributed by atoms with Crippen molar-refractivity contribution in [1.29, 1.82) is 0 Å². The van der Waals surface area contributed by atoms with Crippen LogP contribution in [0.1, 0.15) is 0 Å². The first-order valence-electron chi connectivity index (χ1n) is 0.577. The van der Waals surface area contributed by atoms with Gasteiger partial charge < -0.3 is 0 Å². The Labute approximate surface area is 60.5 Å². The average Bonchev–Trinajstić information content (AvgIpc) is 1.00. The van der Waals surface area contributed by atoms with Crippen LogP contribution in [0.5, 0.6) is 0 Å². The Hall–Kier alpha value is 1.68. The zero-order valence-electron chi connectivity index (χ0n) is 2.38. The van der Waals surface area contributed by atoms with Gasteiger partial charge in [0.15, 0.2) is 0 Å². The topological polar surface area (TPSA) is 0 Å². The van der Waals surface area contributed by atoms with Crippen LogP contribution in [0.15, 0.2) is 0 Å². The molecule has 0 nitrogen and oxygen atoms in total. The SMILES string of the molecule is [B][SiH3].[Cu].[Zr]. The van der Waals surface area contributed by atoms with Gasteiger partial charge in [-0.1, -0.05) is 0 Å². The first-order valence-corrected chi connectivity index (χ1v) is 1.73. The molecular weight excluding hydrogens is 194 g/mol. The molecule has 0 amide bonds. The van der Waals surface area contributed by atoms with Gasteiger partial charge in [-0.25, -0.2) is 0 Å². The van der Waals surface area contributed by atoms with Gasteiger partial charge >= 0.3 is 0 Å². The molecule has 0 aromatic carbocycles. The van der Waals surface area contributed by atoms with Crippen LogP contribution in [0.2, 0.25) is 0 Å². The molecule has 0 rings (SSSR count). The van der Waals surface area contributed by atoms with Crippen molar-refractivity contribution >= 4 is 17.6 Å². The monoisotopic (exact) mass is 195 g/mol. The molecule has 0 N–H and O–H groups in total. The summed E-state index contributed by atoms with van der Waals surface area (Å²) in [4.78, 5) is 0. The normalized spacial score (nSPS) is 2.00. The van der Waals surface area contributed by atoms with Crippen LogP contribution in [0.25, 0.3) is 0 Å². The van der Waals surface area contributed by atoms with Crippen LogP contribution in [0, 0.1) is 0 Å². The van der Waals surface area contributed by atoms with Crippen molar-refractivity contribution in [1.82, 2.24) is 0 Å². The Morgan fingerprint density at radius 3 is 1.25 bits per heavy atom. The molecular formula is H3BCuSiZr. The van der Waals surface area contributed by atoms with Gasteiger partial charge in [0, 0.05) is 50.7 Å². The Bertz CT molecular complexity index is 8.00. The molecule has 25 valence electrons. The first kappa shape index (κ1) is 17.3. The standard InChI is InChI=1S/BH3Si.Cu.Zr/c1-2;;/h2H3;;. The second kappa shape index (κ2) is 22.4. The molecule has 0 aromatic rings. The molecule has 3 radical (unpaired) electrons. The van der Waals surface area contributed by atoms with Crippen LogP contribution >= 0.6 is 0 Å². The zero-order chi connectivity index (χ0) is 2.00. The summed E-state index contributed by atoms with van der Waals surface area (Å²) in [5.41, 5.74) is 0. The van der Waals surface area contributed by atoms with Crippen molar-refractivity contribution in [3.8, 4) is 0 Å². The van der Waals surface area contributed by atoms with Crippen molar-refractivity contribution in [2.45, 2.75) is 0 Å². The van der Waals surface area contributed by atoms with Gasteiger partial charge in [0.1, 0.15) is 0 Å². The fourth-order valence-electron chi connectivity index (χ4n) is 0. The van der Waals surface area contributed by atoms with Crippen molar-refractivity contribution in [2.75, 3.05) is 0 Å². The van der Waals surface area contributed by atoms with E-state index in [0.29, 0.717) is 0 Å². The van der Waals surface area contributed by atoms with Gasteiger partial charge in [-0.05, 0) is 10.1 Å². The fraction of sp³-hybridized carbons (Fsp3) is 0. The predicted octanol–water partition coefficient (Wildman–Crippen LogP) is -1.57. The second-order valence-corrected chi connectivity index (χ2v) is 0. The van der Waals surface area contributed by atoms with E-state index in [0.717, 1.165) is 10.1 Å². The summed E-state index contributed by atoms with van der Waals surface area (Å²) >= 11 is 0. The molecule has 0 saturated carbocycles. The van der Waals surface area contributed by atoms with Gasteiger partial charge in [-0.3, -0.25) is 0 Å². The summed E-state index contributed by atoms with van der Waals surface area (Å²) in [5, 5.41) is 0. The minimum atomic E-state index is 0. The van der Waals surface area contributed by atoms with E-state index < -0.39 is 0 Å². The summed E-state index contributed by atoms with van der Waals surface area (Å²) in [7, 11) is 5.44. The molecule has 0 bridgehead atoms. The third-order valence-electron chi connectivity index (χ3n) is 0. The largest absolute Gasteiger partial charge is 0.0434 e. The molecule has 4 heteroatoms. The van der Waals surface area contributed by atoms with E-state index in [-0.39, 0.29) is 43.3 Å². The van der Waals surface area contributed by atoms with Crippen LogP contribution in [-0.4, -0.2) is 17.6 Å². The summed E-state index contributed by atoms with van der Waals surface area (Å²) in [6.45, 7) is 0. The fourth-order valence-corrected chi connectivity index (χ4v) is 0. The van der Waals surface area contributed by atoms with Gasteiger partial charge in [0.2, 0.25) is 0 Å². The summed E-state index contributed by atoms with van der Waals surface area (Å²) in [6, 6.07) is 0. The molecule has 0 fully saturated rings. The maximum Gasteiger partial charge on any atom is 0.0434 e. The summed E-state index contributed by atoms with van der Waals surface area (Å²) in [5.74, 6) is 0. The number of rotatable bonds is 0. The molecule has 0 atom stereocenters. The molecule has 0 heterocycles. The van der Waals surface area contributed by atoms with E-state index in [1.54, 1.807) is 0 Å². The maximum atomic E-state index is 4.64. The Morgan fingerprint density at radius 2 is 1.25 bits per heavy atom. The second-order valence-electron chi connectivity index (χ2n) is 0. The molecule has 0 aliphatic carbocycles. The smallest absolute Gasteiger partial charge is 0.0388 e. The van der Waals surface area contributed by atoms with Gasteiger partial charge in [0.05, 0.1) is 0 Å². The van der Waals surface area contributed by atoms with E-state index in [4.69, 9.17) is 0 Å². The molecule has 0 spiro atoms. The minimum Gasteiger partial charge on any atom is -0.0388 e. The predicted molar refractivity (Wildman–Crippen MR) is 15.7 cm³/mol. The minimum absolute atomic E-state index is 0. The van der Waals surface area contributed by atoms with E-state index in [1.165, 1.54) is 0 Å². The number of hydrogen-bond acceptors (Lipinski definition) is 0. The number of hydrogen-bond donors (Lipinski definition) is 0. The molecule has 0 aromatic heterocycles. The zero-order valence-corrected chi connectivity index (χ0v) is 7.78. The van der Waals surface area contributed by atoms with Crippen molar-refractivity contribution in [3.05, 3.63) is 0 Å². The Morgan fingerprint density at radius 1 is 1.25 bits per heavy atom. The van der Waals surface area contributed by atoms with E-state index in [9.17, 15) is 0 Å². The van der Waals surface area contributed by atoms with Gasteiger partial charge in [-0.2, -0.15) is 0 Å². The van der Waals surface area contributed by atoms with Crippen molar-refractivity contribution < 1.29 is 43.3 Å². The van der Waals surface area contributed by atoms with Gasteiger partial charge in [-0.15, -0.1) is 0 Å². The Kier molecular flexibility index (Phi) is 97.0. The summed E-state index contributed by atoms with van der Waals surface area (Å²) in [6.07, 6.45) is 0. The van der Waals surface area contributed by atoms with Gasteiger partial charge in [0.25, 0.3) is 0 Å². The quantitative estimate of drug-likeness (QED) is 0.411. The molecule has 0 aliphatic heterocycles. The first-order chi connectivity index (χ1) is 1.00. The molecule has 4 heavy (non-hydrogen) atoms. The van der Waals surface area contributed by atoms with Crippen molar-refractivity contribution in [2.24, 2.45) is 0 Å². The van der Waals surface area contributed by atoms with Crippen LogP contribution in [0.4, 0.5) is 0 Å². The van der Waals surface area contributed by atoms with E-state index in [1.807, 2.05) is 0 Å².